The molecule has 0 aliphatic heterocycles. The van der Waals surface area contributed by atoms with Gasteiger partial charge in [-0.1, -0.05) is 60.1 Å². The van der Waals surface area contributed by atoms with Gasteiger partial charge in [-0.05, 0) is 54.8 Å². The molecule has 0 aliphatic rings. The smallest absolute Gasteiger partial charge is 0.296 e. The van der Waals surface area contributed by atoms with Crippen molar-refractivity contribution in [2.24, 2.45) is 0 Å². The van der Waals surface area contributed by atoms with Crippen molar-refractivity contribution in [2.75, 3.05) is 0 Å². The maximum atomic E-state index is 13.5. The lowest BCUT2D eigenvalue weighted by atomic mass is 10.1. The highest BCUT2D eigenvalue weighted by Crippen LogP contribution is 2.19. The van der Waals surface area contributed by atoms with Gasteiger partial charge in [0.15, 0.2) is 0 Å². The van der Waals surface area contributed by atoms with Gasteiger partial charge in [-0.3, -0.25) is 14.2 Å². The molecule has 170 valence electrons. The molecule has 34 heavy (non-hydrogen) atoms. The van der Waals surface area contributed by atoms with Crippen LogP contribution in [0.15, 0.2) is 77.6 Å². The molecule has 7 nitrogen and oxygen atoms in total. The Morgan fingerprint density at radius 1 is 1.03 bits per heavy atom. The van der Waals surface area contributed by atoms with E-state index in [-0.39, 0.29) is 23.1 Å². The Morgan fingerprint density at radius 2 is 1.76 bits per heavy atom. The first-order valence-corrected chi connectivity index (χ1v) is 11.3. The summed E-state index contributed by atoms with van der Waals surface area (Å²) in [6.07, 6.45) is 0. The van der Waals surface area contributed by atoms with E-state index in [1.807, 2.05) is 74.5 Å². The normalized spacial score (nSPS) is 12.2. The standard InChI is InChI=1S/C26H22ClN5O2/c1-16-8-13-21-22(14-16)31(15-18-9-11-20(27)12-10-18)26(34)24-29-23(30-32(21)24)25(33)28-17(2)19-6-4-3-5-7-19/h3-14,17H,15H2,1-2H3,(H,28,33). The zero-order chi connectivity index (χ0) is 23.8. The molecule has 0 saturated heterocycles. The molecule has 0 fully saturated rings. The molecule has 8 heteroatoms. The summed E-state index contributed by atoms with van der Waals surface area (Å²) in [6, 6.07) is 22.5. The number of fused-ring (bicyclic) bond motifs is 3. The highest BCUT2D eigenvalue weighted by atomic mass is 35.5. The third-order valence-electron chi connectivity index (χ3n) is 5.80. The van der Waals surface area contributed by atoms with E-state index < -0.39 is 5.91 Å². The Morgan fingerprint density at radius 3 is 2.50 bits per heavy atom. The molecule has 5 rings (SSSR count). The fourth-order valence-electron chi connectivity index (χ4n) is 3.99. The molecule has 5 aromatic rings. The number of hydrogen-bond donors (Lipinski definition) is 1. The number of carbonyl (C=O) groups excluding carboxylic acids is 1. The minimum atomic E-state index is -0.441. The van der Waals surface area contributed by atoms with Crippen molar-refractivity contribution in [3.05, 3.63) is 111 Å². The summed E-state index contributed by atoms with van der Waals surface area (Å²) in [5.74, 6) is -0.491. The number of amides is 1. The monoisotopic (exact) mass is 471 g/mol. The summed E-state index contributed by atoms with van der Waals surface area (Å²) in [5.41, 5.74) is 4.07. The Kier molecular flexibility index (Phi) is 5.63. The topological polar surface area (TPSA) is 81.3 Å². The van der Waals surface area contributed by atoms with Crippen LogP contribution in [0.25, 0.3) is 16.7 Å². The number of hydrogen-bond acceptors (Lipinski definition) is 4. The molecule has 0 aliphatic carbocycles. The van der Waals surface area contributed by atoms with Crippen molar-refractivity contribution in [3.8, 4) is 0 Å². The van der Waals surface area contributed by atoms with Gasteiger partial charge in [0.05, 0.1) is 23.6 Å². The quantitative estimate of drug-likeness (QED) is 0.408. The lowest BCUT2D eigenvalue weighted by Crippen LogP contribution is -2.27. The summed E-state index contributed by atoms with van der Waals surface area (Å²) >= 11 is 6.02. The predicted octanol–water partition coefficient (Wildman–Crippen LogP) is 4.55. The van der Waals surface area contributed by atoms with Crippen molar-refractivity contribution in [3.63, 3.8) is 0 Å². The number of aromatic nitrogens is 4. The van der Waals surface area contributed by atoms with E-state index >= 15 is 0 Å². The summed E-state index contributed by atoms with van der Waals surface area (Å²) in [6.45, 7) is 4.19. The minimum Gasteiger partial charge on any atom is -0.343 e. The first-order valence-electron chi connectivity index (χ1n) is 10.9. The molecule has 0 spiro atoms. The number of nitrogens with zero attached hydrogens (tertiary/aromatic N) is 4. The minimum absolute atomic E-state index is 0.0500. The number of aryl methyl sites for hydroxylation is 1. The molecule has 0 radical (unpaired) electrons. The second-order valence-corrected chi connectivity index (χ2v) is 8.72. The molecule has 1 amide bonds. The van der Waals surface area contributed by atoms with Crippen molar-refractivity contribution >= 4 is 34.2 Å². The molecule has 1 N–H and O–H groups in total. The number of nitrogens with one attached hydrogen (secondary N) is 1. The first-order chi connectivity index (χ1) is 16.4. The van der Waals surface area contributed by atoms with Gasteiger partial charge < -0.3 is 5.32 Å². The largest absolute Gasteiger partial charge is 0.343 e. The molecular formula is C26H22ClN5O2. The maximum absolute atomic E-state index is 13.5. The highest BCUT2D eigenvalue weighted by molar-refractivity contribution is 6.30. The first kappa shape index (κ1) is 21.9. The van der Waals surface area contributed by atoms with Crippen molar-refractivity contribution in [1.29, 1.82) is 0 Å². The van der Waals surface area contributed by atoms with Gasteiger partial charge in [-0.25, -0.2) is 4.52 Å². The molecule has 2 heterocycles. The Bertz CT molecular complexity index is 1570. The third-order valence-corrected chi connectivity index (χ3v) is 6.05. The third kappa shape index (κ3) is 4.06. The van der Waals surface area contributed by atoms with Crippen LogP contribution in [0.3, 0.4) is 0 Å². The SMILES string of the molecule is Cc1ccc2c(c1)n(Cc1ccc(Cl)cc1)c(=O)c1nc(C(=O)NC(C)c3ccccc3)nn12. The van der Waals surface area contributed by atoms with Gasteiger partial charge in [0, 0.05) is 5.02 Å². The maximum Gasteiger partial charge on any atom is 0.296 e. The second-order valence-electron chi connectivity index (χ2n) is 8.29. The fraction of sp³-hybridized carbons (Fsp3) is 0.154. The summed E-state index contributed by atoms with van der Waals surface area (Å²) in [7, 11) is 0. The molecule has 2 aromatic heterocycles. The fourth-order valence-corrected chi connectivity index (χ4v) is 4.12. The van der Waals surface area contributed by atoms with Crippen molar-refractivity contribution < 1.29 is 4.79 Å². The Balaban J connectivity index is 1.59. The molecule has 1 atom stereocenters. The Hall–Kier alpha value is -3.97. The lowest BCUT2D eigenvalue weighted by Gasteiger charge is -2.12. The zero-order valence-corrected chi connectivity index (χ0v) is 19.5. The van der Waals surface area contributed by atoms with E-state index in [1.54, 1.807) is 16.7 Å². The van der Waals surface area contributed by atoms with Crippen LogP contribution < -0.4 is 10.9 Å². The van der Waals surface area contributed by atoms with Crippen LogP contribution in [-0.2, 0) is 6.54 Å². The molecule has 0 saturated carbocycles. The van der Waals surface area contributed by atoms with Gasteiger partial charge in [-0.15, -0.1) is 5.10 Å². The number of rotatable bonds is 5. The van der Waals surface area contributed by atoms with Gasteiger partial charge in [0.2, 0.25) is 11.5 Å². The van der Waals surface area contributed by atoms with E-state index in [4.69, 9.17) is 11.6 Å². The average molecular weight is 472 g/mol. The van der Waals surface area contributed by atoms with E-state index in [2.05, 4.69) is 15.4 Å². The van der Waals surface area contributed by atoms with Gasteiger partial charge in [0.1, 0.15) is 0 Å². The molecular weight excluding hydrogens is 450 g/mol. The van der Waals surface area contributed by atoms with E-state index in [0.29, 0.717) is 22.6 Å². The van der Waals surface area contributed by atoms with Gasteiger partial charge in [-0.2, -0.15) is 4.98 Å². The molecule has 0 bridgehead atoms. The summed E-state index contributed by atoms with van der Waals surface area (Å²) in [5, 5.41) is 7.94. The van der Waals surface area contributed by atoms with Crippen LogP contribution >= 0.6 is 11.6 Å². The van der Waals surface area contributed by atoms with Crippen LogP contribution in [0, 0.1) is 6.92 Å². The van der Waals surface area contributed by atoms with Crippen LogP contribution in [0.5, 0.6) is 0 Å². The second kappa shape index (κ2) is 8.76. The van der Waals surface area contributed by atoms with E-state index in [0.717, 1.165) is 16.7 Å². The Labute approximate surface area is 200 Å². The summed E-state index contributed by atoms with van der Waals surface area (Å²) in [4.78, 5) is 30.8. The molecule has 1 unspecified atom stereocenters. The van der Waals surface area contributed by atoms with Crippen LogP contribution in [0.1, 0.15) is 40.3 Å². The van der Waals surface area contributed by atoms with Crippen molar-refractivity contribution in [1.82, 2.24) is 24.5 Å². The number of halogens is 1. The molecule has 3 aromatic carbocycles. The van der Waals surface area contributed by atoms with E-state index in [1.165, 1.54) is 4.52 Å². The lowest BCUT2D eigenvalue weighted by molar-refractivity contribution is 0.0929. The van der Waals surface area contributed by atoms with Crippen LogP contribution in [0.4, 0.5) is 0 Å². The van der Waals surface area contributed by atoms with Gasteiger partial charge in [0.25, 0.3) is 11.5 Å². The zero-order valence-electron chi connectivity index (χ0n) is 18.7. The summed E-state index contributed by atoms with van der Waals surface area (Å²) < 4.78 is 3.11. The van der Waals surface area contributed by atoms with E-state index in [9.17, 15) is 9.59 Å². The average Bonchev–Trinajstić information content (AvgIpc) is 3.29. The number of benzene rings is 3. The van der Waals surface area contributed by atoms with Gasteiger partial charge >= 0.3 is 0 Å². The van der Waals surface area contributed by atoms with Crippen LogP contribution in [0.2, 0.25) is 5.02 Å². The highest BCUT2D eigenvalue weighted by Gasteiger charge is 2.21. The predicted molar refractivity (Wildman–Crippen MR) is 132 cm³/mol. The van der Waals surface area contributed by atoms with Crippen LogP contribution in [-0.4, -0.2) is 25.1 Å². The van der Waals surface area contributed by atoms with Crippen molar-refractivity contribution in [2.45, 2.75) is 26.4 Å². The number of carbonyl (C=O) groups is 1.